The number of thioether (sulfide) groups is 1. The van der Waals surface area contributed by atoms with E-state index in [1.807, 2.05) is 6.26 Å². The average molecular weight is 343 g/mol. The minimum absolute atomic E-state index is 0.223. The molecule has 0 bridgehead atoms. The standard InChI is InChI=1S/C17H14FN3O2S/c1-24-17-14(3-2-8-19-17)16(22)20-10-13-9-15(23-21-13)11-4-6-12(18)7-5-11/h2-9H,10H2,1H3,(H,20,22). The van der Waals surface area contributed by atoms with Crippen LogP contribution in [0.15, 0.2) is 58.2 Å². The number of pyridine rings is 1. The fourth-order valence-electron chi connectivity index (χ4n) is 2.14. The minimum atomic E-state index is -0.313. The van der Waals surface area contributed by atoms with E-state index in [0.717, 1.165) is 5.56 Å². The van der Waals surface area contributed by atoms with Crippen molar-refractivity contribution in [2.24, 2.45) is 0 Å². The average Bonchev–Trinajstić information content (AvgIpc) is 3.09. The minimum Gasteiger partial charge on any atom is -0.356 e. The number of amides is 1. The number of carbonyl (C=O) groups excluding carboxylic acids is 1. The highest BCUT2D eigenvalue weighted by Gasteiger charge is 2.13. The lowest BCUT2D eigenvalue weighted by molar-refractivity contribution is 0.0946. The number of nitrogens with zero attached hydrogens (tertiary/aromatic N) is 2. The van der Waals surface area contributed by atoms with Crippen molar-refractivity contribution >= 4 is 17.7 Å². The molecule has 2 aromatic heterocycles. The van der Waals surface area contributed by atoms with Crippen molar-refractivity contribution in [3.8, 4) is 11.3 Å². The van der Waals surface area contributed by atoms with Gasteiger partial charge in [0.25, 0.3) is 5.91 Å². The van der Waals surface area contributed by atoms with E-state index in [1.165, 1.54) is 23.9 Å². The molecule has 0 fully saturated rings. The molecule has 1 amide bonds. The molecule has 0 radical (unpaired) electrons. The van der Waals surface area contributed by atoms with Crippen molar-refractivity contribution in [3.05, 3.63) is 65.7 Å². The van der Waals surface area contributed by atoms with Gasteiger partial charge >= 0.3 is 0 Å². The molecule has 0 unspecified atom stereocenters. The van der Waals surface area contributed by atoms with Gasteiger partial charge in [0.2, 0.25) is 0 Å². The van der Waals surface area contributed by atoms with Crippen LogP contribution in [-0.4, -0.2) is 22.3 Å². The summed E-state index contributed by atoms with van der Waals surface area (Å²) in [7, 11) is 0. The van der Waals surface area contributed by atoms with Crippen molar-refractivity contribution < 1.29 is 13.7 Å². The van der Waals surface area contributed by atoms with Crippen molar-refractivity contribution in [2.45, 2.75) is 11.6 Å². The molecule has 7 heteroatoms. The summed E-state index contributed by atoms with van der Waals surface area (Å²) in [4.78, 5) is 16.4. The second-order valence-corrected chi connectivity index (χ2v) is 5.73. The van der Waals surface area contributed by atoms with Crippen LogP contribution in [0.25, 0.3) is 11.3 Å². The predicted octanol–water partition coefficient (Wildman–Crippen LogP) is 3.53. The molecule has 0 saturated carbocycles. The number of aromatic nitrogens is 2. The Balaban J connectivity index is 1.67. The van der Waals surface area contributed by atoms with E-state index in [2.05, 4.69) is 15.5 Å². The largest absolute Gasteiger partial charge is 0.356 e. The zero-order chi connectivity index (χ0) is 16.9. The SMILES string of the molecule is CSc1ncccc1C(=O)NCc1cc(-c2ccc(F)cc2)on1. The molecule has 3 rings (SSSR count). The lowest BCUT2D eigenvalue weighted by Crippen LogP contribution is -2.23. The van der Waals surface area contributed by atoms with Gasteiger partial charge in [0.05, 0.1) is 12.1 Å². The van der Waals surface area contributed by atoms with Crippen LogP contribution >= 0.6 is 11.8 Å². The third-order valence-electron chi connectivity index (χ3n) is 3.33. The summed E-state index contributed by atoms with van der Waals surface area (Å²) >= 11 is 1.41. The summed E-state index contributed by atoms with van der Waals surface area (Å²) < 4.78 is 18.2. The molecule has 0 aliphatic rings. The van der Waals surface area contributed by atoms with Crippen LogP contribution in [0.2, 0.25) is 0 Å². The number of hydrogen-bond acceptors (Lipinski definition) is 5. The lowest BCUT2D eigenvalue weighted by atomic mass is 10.1. The molecule has 0 aliphatic heterocycles. The second-order valence-electron chi connectivity index (χ2n) is 4.93. The lowest BCUT2D eigenvalue weighted by Gasteiger charge is -2.06. The Morgan fingerprint density at radius 2 is 2.08 bits per heavy atom. The number of hydrogen-bond donors (Lipinski definition) is 1. The second kappa shape index (κ2) is 7.27. The van der Waals surface area contributed by atoms with E-state index in [1.54, 1.807) is 36.5 Å². The van der Waals surface area contributed by atoms with E-state index < -0.39 is 0 Å². The normalized spacial score (nSPS) is 10.6. The Hall–Kier alpha value is -2.67. The summed E-state index contributed by atoms with van der Waals surface area (Å²) in [6, 6.07) is 11.1. The molecule has 0 atom stereocenters. The molecule has 0 spiro atoms. The molecular weight excluding hydrogens is 329 g/mol. The Labute approximate surface area is 142 Å². The van der Waals surface area contributed by atoms with E-state index in [-0.39, 0.29) is 18.3 Å². The van der Waals surface area contributed by atoms with Gasteiger partial charge in [0, 0.05) is 17.8 Å². The van der Waals surface area contributed by atoms with Gasteiger partial charge in [-0.25, -0.2) is 9.37 Å². The number of nitrogens with one attached hydrogen (secondary N) is 1. The highest BCUT2D eigenvalue weighted by atomic mass is 32.2. The van der Waals surface area contributed by atoms with Gasteiger partial charge in [0.1, 0.15) is 16.5 Å². The Morgan fingerprint density at radius 3 is 2.83 bits per heavy atom. The van der Waals surface area contributed by atoms with Gasteiger partial charge in [-0.1, -0.05) is 5.16 Å². The maximum absolute atomic E-state index is 12.9. The number of carbonyl (C=O) groups is 1. The monoisotopic (exact) mass is 343 g/mol. The highest BCUT2D eigenvalue weighted by Crippen LogP contribution is 2.21. The quantitative estimate of drug-likeness (QED) is 0.718. The van der Waals surface area contributed by atoms with Crippen molar-refractivity contribution in [2.75, 3.05) is 6.26 Å². The van der Waals surface area contributed by atoms with Crippen LogP contribution in [0.3, 0.4) is 0 Å². The molecule has 3 aromatic rings. The predicted molar refractivity (Wildman–Crippen MR) is 89.1 cm³/mol. The van der Waals surface area contributed by atoms with Crippen LogP contribution in [-0.2, 0) is 6.54 Å². The molecule has 1 aromatic carbocycles. The van der Waals surface area contributed by atoms with Gasteiger partial charge in [-0.3, -0.25) is 4.79 Å². The molecule has 5 nitrogen and oxygen atoms in total. The summed E-state index contributed by atoms with van der Waals surface area (Å²) in [6.45, 7) is 0.228. The fourth-order valence-corrected chi connectivity index (χ4v) is 2.68. The highest BCUT2D eigenvalue weighted by molar-refractivity contribution is 7.98. The number of halogens is 1. The van der Waals surface area contributed by atoms with E-state index in [0.29, 0.717) is 22.0 Å². The molecule has 0 saturated heterocycles. The van der Waals surface area contributed by atoms with E-state index in [4.69, 9.17) is 4.52 Å². The van der Waals surface area contributed by atoms with Crippen LogP contribution < -0.4 is 5.32 Å². The Bertz CT molecular complexity index is 849. The van der Waals surface area contributed by atoms with Crippen molar-refractivity contribution in [3.63, 3.8) is 0 Å². The summed E-state index contributed by atoms with van der Waals surface area (Å²) in [6.07, 6.45) is 3.51. The molecule has 24 heavy (non-hydrogen) atoms. The third kappa shape index (κ3) is 3.62. The van der Waals surface area contributed by atoms with Gasteiger partial charge < -0.3 is 9.84 Å². The maximum atomic E-state index is 12.9. The van der Waals surface area contributed by atoms with Crippen molar-refractivity contribution in [1.82, 2.24) is 15.5 Å². The first kappa shape index (κ1) is 16.2. The van der Waals surface area contributed by atoms with Crippen LogP contribution in [0.1, 0.15) is 16.1 Å². The molecule has 2 heterocycles. The summed E-state index contributed by atoms with van der Waals surface area (Å²) in [5, 5.41) is 7.38. The Kier molecular flexibility index (Phi) is 4.90. The van der Waals surface area contributed by atoms with E-state index >= 15 is 0 Å². The molecule has 122 valence electrons. The maximum Gasteiger partial charge on any atom is 0.254 e. The molecule has 0 aliphatic carbocycles. The smallest absolute Gasteiger partial charge is 0.254 e. The number of rotatable bonds is 5. The van der Waals surface area contributed by atoms with Gasteiger partial charge in [-0.05, 0) is 42.7 Å². The van der Waals surface area contributed by atoms with Crippen LogP contribution in [0.4, 0.5) is 4.39 Å². The summed E-state index contributed by atoms with van der Waals surface area (Å²) in [5.74, 6) is -0.0176. The van der Waals surface area contributed by atoms with Crippen LogP contribution in [0, 0.1) is 5.82 Å². The third-order valence-corrected chi connectivity index (χ3v) is 4.04. The van der Waals surface area contributed by atoms with Gasteiger partial charge in [-0.2, -0.15) is 0 Å². The van der Waals surface area contributed by atoms with Gasteiger partial charge in [-0.15, -0.1) is 11.8 Å². The van der Waals surface area contributed by atoms with Crippen molar-refractivity contribution in [1.29, 1.82) is 0 Å². The molecular formula is C17H14FN3O2S. The Morgan fingerprint density at radius 1 is 1.29 bits per heavy atom. The first-order chi connectivity index (χ1) is 11.7. The zero-order valence-corrected chi connectivity index (χ0v) is 13.6. The first-order valence-electron chi connectivity index (χ1n) is 7.16. The van der Waals surface area contributed by atoms with Crippen LogP contribution in [0.5, 0.6) is 0 Å². The number of benzene rings is 1. The van der Waals surface area contributed by atoms with E-state index in [9.17, 15) is 9.18 Å². The first-order valence-corrected chi connectivity index (χ1v) is 8.38. The zero-order valence-electron chi connectivity index (χ0n) is 12.8. The molecule has 1 N–H and O–H groups in total. The fraction of sp³-hybridized carbons (Fsp3) is 0.118. The summed E-state index contributed by atoms with van der Waals surface area (Å²) in [5.41, 5.74) is 1.82. The van der Waals surface area contributed by atoms with Gasteiger partial charge in [0.15, 0.2) is 5.76 Å². The topological polar surface area (TPSA) is 68.0 Å².